The highest BCUT2D eigenvalue weighted by Gasteiger charge is 2.12. The molecule has 0 aliphatic carbocycles. The molecule has 0 amide bonds. The molecular formula is C30H48N4O3S. The van der Waals surface area contributed by atoms with Gasteiger partial charge in [0.2, 0.25) is 0 Å². The van der Waals surface area contributed by atoms with E-state index in [1.54, 1.807) is 6.07 Å². The summed E-state index contributed by atoms with van der Waals surface area (Å²) in [7, 11) is 5.31. The quantitative estimate of drug-likeness (QED) is 0.296. The predicted octanol–water partition coefficient (Wildman–Crippen LogP) is 6.11. The van der Waals surface area contributed by atoms with Crippen molar-refractivity contribution in [2.75, 3.05) is 53.9 Å². The van der Waals surface area contributed by atoms with Crippen LogP contribution in [0.3, 0.4) is 0 Å². The Bertz CT molecular complexity index is 921. The number of hydrogen-bond donors (Lipinski definition) is 0. The molecule has 1 saturated heterocycles. The van der Waals surface area contributed by atoms with Gasteiger partial charge in [-0.25, -0.2) is 0 Å². The van der Waals surface area contributed by atoms with Crippen LogP contribution in [-0.2, 0) is 9.53 Å². The molecule has 0 N–H and O–H groups in total. The van der Waals surface area contributed by atoms with Gasteiger partial charge in [-0.15, -0.1) is 11.3 Å². The number of rotatable bonds is 8. The van der Waals surface area contributed by atoms with Gasteiger partial charge in [0.1, 0.15) is 0 Å². The average molecular weight is 545 g/mol. The lowest BCUT2D eigenvalue weighted by atomic mass is 9.96. The standard InChI is InChI=1S/C16H24N4.C7H16.C5H4OS.C2H4O2/c1-14(17-2)15-6-4-5-7-16(15)18-8-9-20-12-10-19(3)11-13-20;1-5-7(4)6(2)3;6-4-5-2-1-3-7-5;1-4-2-3/h4-8H,9-13H2,1-3H3;6-7H,5H2,1-4H3;1-4H;2H,1H3. The fourth-order valence-electron chi connectivity index (χ4n) is 3.13. The van der Waals surface area contributed by atoms with E-state index in [1.807, 2.05) is 49.8 Å². The summed E-state index contributed by atoms with van der Waals surface area (Å²) in [6.07, 6.45) is 4.19. The maximum atomic E-state index is 9.88. The van der Waals surface area contributed by atoms with Crippen LogP contribution in [0.25, 0.3) is 0 Å². The number of hydrogen-bond acceptors (Lipinski definition) is 8. The van der Waals surface area contributed by atoms with Crippen LogP contribution in [0.15, 0.2) is 51.8 Å². The fraction of sp³-hybridized carbons (Fsp3) is 0.533. The van der Waals surface area contributed by atoms with E-state index in [9.17, 15) is 4.79 Å². The molecule has 212 valence electrons. The zero-order valence-electron chi connectivity index (χ0n) is 24.6. The molecule has 0 spiro atoms. The number of piperazine rings is 1. The molecule has 1 unspecified atom stereocenters. The molecule has 2 aromatic rings. The van der Waals surface area contributed by atoms with Gasteiger partial charge in [0.05, 0.1) is 17.7 Å². The summed E-state index contributed by atoms with van der Waals surface area (Å²) >= 11 is 1.45. The third-order valence-corrected chi connectivity index (χ3v) is 7.13. The van der Waals surface area contributed by atoms with Crippen molar-refractivity contribution in [1.82, 2.24) is 9.80 Å². The molecule has 0 bridgehead atoms. The highest BCUT2D eigenvalue weighted by molar-refractivity contribution is 7.11. The minimum atomic E-state index is 0.375. The van der Waals surface area contributed by atoms with Crippen molar-refractivity contribution in [2.24, 2.45) is 21.8 Å². The number of carbonyl (C=O) groups is 2. The van der Waals surface area contributed by atoms with E-state index in [0.29, 0.717) is 6.47 Å². The first-order valence-electron chi connectivity index (χ1n) is 13.1. The second kappa shape index (κ2) is 22.3. The van der Waals surface area contributed by atoms with Crippen LogP contribution < -0.4 is 0 Å². The molecule has 0 radical (unpaired) electrons. The maximum Gasteiger partial charge on any atom is 0.292 e. The van der Waals surface area contributed by atoms with Crippen LogP contribution in [-0.4, -0.2) is 88.4 Å². The zero-order valence-corrected chi connectivity index (χ0v) is 25.4. The third-order valence-electron chi connectivity index (χ3n) is 6.33. The van der Waals surface area contributed by atoms with E-state index < -0.39 is 0 Å². The Morgan fingerprint density at radius 3 is 2.13 bits per heavy atom. The molecule has 1 atom stereocenters. The lowest BCUT2D eigenvalue weighted by molar-refractivity contribution is -0.126. The Morgan fingerprint density at radius 2 is 1.71 bits per heavy atom. The van der Waals surface area contributed by atoms with Crippen LogP contribution in [0.4, 0.5) is 5.69 Å². The molecule has 2 heterocycles. The lowest BCUT2D eigenvalue weighted by Gasteiger charge is -2.31. The smallest absolute Gasteiger partial charge is 0.292 e. The SMILES string of the molecule is CCC(C)C(C)C.CN=C(C)c1ccccc1N=CCN1CCN(C)CC1.COC=O.O=Cc1cccs1. The van der Waals surface area contributed by atoms with E-state index in [1.165, 1.54) is 24.9 Å². The average Bonchev–Trinajstić information content (AvgIpc) is 3.48. The number of carbonyl (C=O) groups excluding carboxylic acids is 2. The highest BCUT2D eigenvalue weighted by Crippen LogP contribution is 2.19. The van der Waals surface area contributed by atoms with Crippen LogP contribution >= 0.6 is 11.3 Å². The predicted molar refractivity (Wildman–Crippen MR) is 164 cm³/mol. The summed E-state index contributed by atoms with van der Waals surface area (Å²) in [6, 6.07) is 11.8. The molecule has 38 heavy (non-hydrogen) atoms. The number of aldehydes is 1. The normalized spacial score (nSPS) is 14.8. The van der Waals surface area contributed by atoms with Crippen LogP contribution in [0.2, 0.25) is 0 Å². The molecule has 0 saturated carbocycles. The molecule has 1 aromatic carbocycles. The van der Waals surface area contributed by atoms with Gasteiger partial charge >= 0.3 is 0 Å². The topological polar surface area (TPSA) is 74.6 Å². The van der Waals surface area contributed by atoms with Crippen LogP contribution in [0.5, 0.6) is 0 Å². The number of thiophene rings is 1. The van der Waals surface area contributed by atoms with Gasteiger partial charge < -0.3 is 9.64 Å². The monoisotopic (exact) mass is 544 g/mol. The minimum Gasteiger partial charge on any atom is -0.471 e. The van der Waals surface area contributed by atoms with Crippen LogP contribution in [0, 0.1) is 11.8 Å². The van der Waals surface area contributed by atoms with Crippen LogP contribution in [0.1, 0.15) is 56.3 Å². The Balaban J connectivity index is 0.000000619. The molecule has 8 heteroatoms. The number of benzene rings is 1. The van der Waals surface area contributed by atoms with Crippen molar-refractivity contribution in [3.63, 3.8) is 0 Å². The van der Waals surface area contributed by atoms with E-state index in [4.69, 9.17) is 4.79 Å². The largest absolute Gasteiger partial charge is 0.471 e. The summed E-state index contributed by atoms with van der Waals surface area (Å²) in [5.41, 5.74) is 3.15. The number of nitrogens with zero attached hydrogens (tertiary/aromatic N) is 4. The first kappa shape index (κ1) is 35.3. The van der Waals surface area contributed by atoms with Crippen molar-refractivity contribution in [3.8, 4) is 0 Å². The van der Waals surface area contributed by atoms with Gasteiger partial charge in [-0.2, -0.15) is 0 Å². The van der Waals surface area contributed by atoms with Gasteiger partial charge in [-0.05, 0) is 43.3 Å². The van der Waals surface area contributed by atoms with E-state index >= 15 is 0 Å². The minimum absolute atomic E-state index is 0.375. The summed E-state index contributed by atoms with van der Waals surface area (Å²) in [4.78, 5) is 33.3. The molecule has 1 aliphatic rings. The number of methoxy groups -OCH3 is 1. The number of ether oxygens (including phenoxy) is 1. The third kappa shape index (κ3) is 16.2. The second-order valence-corrected chi connectivity index (χ2v) is 10.3. The molecule has 1 aliphatic heterocycles. The van der Waals surface area contributed by atoms with Gasteiger partial charge in [0.25, 0.3) is 6.47 Å². The number of para-hydroxylation sites is 1. The second-order valence-electron chi connectivity index (χ2n) is 9.34. The fourth-order valence-corrected chi connectivity index (χ4v) is 3.65. The van der Waals surface area contributed by atoms with Crippen molar-refractivity contribution in [3.05, 3.63) is 52.2 Å². The lowest BCUT2D eigenvalue weighted by Crippen LogP contribution is -2.44. The van der Waals surface area contributed by atoms with E-state index in [-0.39, 0.29) is 0 Å². The number of aliphatic imine (C=N–C) groups is 2. The summed E-state index contributed by atoms with van der Waals surface area (Å²) in [6.45, 7) is 16.9. The van der Waals surface area contributed by atoms with Gasteiger partial charge in [0, 0.05) is 57.3 Å². The molecular weight excluding hydrogens is 496 g/mol. The first-order valence-corrected chi connectivity index (χ1v) is 14.0. The van der Waals surface area contributed by atoms with Crippen molar-refractivity contribution < 1.29 is 14.3 Å². The van der Waals surface area contributed by atoms with Gasteiger partial charge in [-0.3, -0.25) is 24.5 Å². The molecule has 1 fully saturated rings. The number of likely N-dealkylation sites (N-methyl/N-ethyl adjacent to an activating group) is 1. The van der Waals surface area contributed by atoms with Crippen molar-refractivity contribution >= 4 is 41.7 Å². The Morgan fingerprint density at radius 1 is 1.08 bits per heavy atom. The van der Waals surface area contributed by atoms with E-state index in [0.717, 1.165) is 72.7 Å². The molecule has 1 aromatic heterocycles. The first-order chi connectivity index (χ1) is 18.2. The Hall–Kier alpha value is -2.68. The summed E-state index contributed by atoms with van der Waals surface area (Å²) in [5.74, 6) is 1.77. The Kier molecular flexibility index (Phi) is 20.7. The van der Waals surface area contributed by atoms with Gasteiger partial charge in [0.15, 0.2) is 6.29 Å². The van der Waals surface area contributed by atoms with Gasteiger partial charge in [-0.1, -0.05) is 58.4 Å². The molecule has 3 rings (SSSR count). The molecule has 7 nitrogen and oxygen atoms in total. The maximum absolute atomic E-state index is 9.88. The highest BCUT2D eigenvalue weighted by atomic mass is 32.1. The van der Waals surface area contributed by atoms with E-state index in [2.05, 4.69) is 65.3 Å². The van der Waals surface area contributed by atoms with Crippen molar-refractivity contribution in [1.29, 1.82) is 0 Å². The Labute approximate surface area is 234 Å². The summed E-state index contributed by atoms with van der Waals surface area (Å²) < 4.78 is 3.86. The summed E-state index contributed by atoms with van der Waals surface area (Å²) in [5, 5.41) is 1.88. The van der Waals surface area contributed by atoms with Crippen molar-refractivity contribution in [2.45, 2.75) is 41.0 Å². The zero-order chi connectivity index (χ0) is 28.8.